The molecule has 3 rings (SSSR count). The van der Waals surface area contributed by atoms with Crippen LogP contribution in [0.3, 0.4) is 0 Å². The van der Waals surface area contributed by atoms with Crippen LogP contribution in [0.25, 0.3) is 0 Å². The van der Waals surface area contributed by atoms with Gasteiger partial charge < -0.3 is 5.73 Å². The molecule has 1 nitrogen and oxygen atoms in total. The summed E-state index contributed by atoms with van der Waals surface area (Å²) in [4.78, 5) is 0. The van der Waals surface area contributed by atoms with Gasteiger partial charge in [0, 0.05) is 0 Å². The van der Waals surface area contributed by atoms with E-state index in [0.717, 1.165) is 5.92 Å². The first-order valence-corrected chi connectivity index (χ1v) is 7.16. The highest BCUT2D eigenvalue weighted by Crippen LogP contribution is 2.36. The number of benzene rings is 1. The number of thiophene rings is 1. The molecule has 1 heterocycles. The standard InChI is InChI=1S/C15H17NS/c16-15(14-8-9-17-10-14)13-6-4-12(5-7-13)11-2-1-3-11/h4-11,15H,1-3,16H2. The van der Waals surface area contributed by atoms with Gasteiger partial charge in [-0.05, 0) is 52.3 Å². The lowest BCUT2D eigenvalue weighted by Crippen LogP contribution is -2.12. The predicted octanol–water partition coefficient (Wildman–Crippen LogP) is 4.06. The van der Waals surface area contributed by atoms with Crippen LogP contribution in [-0.4, -0.2) is 0 Å². The van der Waals surface area contributed by atoms with E-state index in [1.54, 1.807) is 11.3 Å². The molecule has 2 N–H and O–H groups in total. The molecule has 0 bridgehead atoms. The second kappa shape index (κ2) is 4.63. The zero-order valence-corrected chi connectivity index (χ0v) is 10.6. The Morgan fingerprint density at radius 2 is 1.82 bits per heavy atom. The predicted molar refractivity (Wildman–Crippen MR) is 73.4 cm³/mol. The van der Waals surface area contributed by atoms with Crippen molar-refractivity contribution in [2.45, 2.75) is 31.2 Å². The first kappa shape index (κ1) is 11.0. The fraction of sp³-hybridized carbons (Fsp3) is 0.333. The third kappa shape index (κ3) is 2.15. The molecule has 0 saturated heterocycles. The molecule has 2 heteroatoms. The summed E-state index contributed by atoms with van der Waals surface area (Å²) in [5.74, 6) is 0.807. The van der Waals surface area contributed by atoms with E-state index in [2.05, 4.69) is 41.1 Å². The Morgan fingerprint density at radius 3 is 2.35 bits per heavy atom. The molecule has 88 valence electrons. The highest BCUT2D eigenvalue weighted by Gasteiger charge is 2.19. The van der Waals surface area contributed by atoms with Gasteiger partial charge in [0.2, 0.25) is 0 Å². The lowest BCUT2D eigenvalue weighted by molar-refractivity contribution is 0.419. The molecule has 1 atom stereocenters. The molecule has 1 aromatic carbocycles. The van der Waals surface area contributed by atoms with Crippen molar-refractivity contribution < 1.29 is 0 Å². The summed E-state index contributed by atoms with van der Waals surface area (Å²) in [7, 11) is 0. The van der Waals surface area contributed by atoms with Crippen molar-refractivity contribution in [3.05, 3.63) is 57.8 Å². The summed E-state index contributed by atoms with van der Waals surface area (Å²) in [6.07, 6.45) is 4.10. The lowest BCUT2D eigenvalue weighted by atomic mass is 9.80. The lowest BCUT2D eigenvalue weighted by Gasteiger charge is -2.26. The van der Waals surface area contributed by atoms with Crippen molar-refractivity contribution in [1.82, 2.24) is 0 Å². The van der Waals surface area contributed by atoms with E-state index in [1.165, 1.54) is 36.0 Å². The SMILES string of the molecule is NC(c1ccc(C2CCC2)cc1)c1ccsc1. The Hall–Kier alpha value is -1.12. The first-order valence-electron chi connectivity index (χ1n) is 6.22. The van der Waals surface area contributed by atoms with Gasteiger partial charge in [-0.15, -0.1) is 0 Å². The van der Waals surface area contributed by atoms with Gasteiger partial charge >= 0.3 is 0 Å². The molecule has 2 aromatic rings. The monoisotopic (exact) mass is 243 g/mol. The van der Waals surface area contributed by atoms with Crippen molar-refractivity contribution in [1.29, 1.82) is 0 Å². The molecular weight excluding hydrogens is 226 g/mol. The summed E-state index contributed by atoms with van der Waals surface area (Å²) in [6.45, 7) is 0. The molecule has 1 aliphatic rings. The average Bonchev–Trinajstić information content (AvgIpc) is 2.80. The minimum absolute atomic E-state index is 0.0247. The van der Waals surface area contributed by atoms with Crippen LogP contribution in [0.2, 0.25) is 0 Å². The van der Waals surface area contributed by atoms with Crippen LogP contribution >= 0.6 is 11.3 Å². The minimum atomic E-state index is 0.0247. The fourth-order valence-electron chi connectivity index (χ4n) is 2.36. The van der Waals surface area contributed by atoms with Crippen LogP contribution < -0.4 is 5.73 Å². The normalized spacial score (nSPS) is 17.7. The number of nitrogens with two attached hydrogens (primary N) is 1. The highest BCUT2D eigenvalue weighted by atomic mass is 32.1. The van der Waals surface area contributed by atoms with Crippen LogP contribution in [0, 0.1) is 0 Å². The second-order valence-corrected chi connectivity index (χ2v) is 5.61. The van der Waals surface area contributed by atoms with Crippen LogP contribution in [0.1, 0.15) is 47.9 Å². The fourth-order valence-corrected chi connectivity index (χ4v) is 3.06. The maximum absolute atomic E-state index is 6.24. The van der Waals surface area contributed by atoms with E-state index >= 15 is 0 Å². The van der Waals surface area contributed by atoms with E-state index in [-0.39, 0.29) is 6.04 Å². The van der Waals surface area contributed by atoms with E-state index in [1.807, 2.05) is 0 Å². The molecule has 0 spiro atoms. The molecule has 17 heavy (non-hydrogen) atoms. The van der Waals surface area contributed by atoms with Gasteiger partial charge in [0.05, 0.1) is 6.04 Å². The van der Waals surface area contributed by atoms with Crippen molar-refractivity contribution in [2.75, 3.05) is 0 Å². The van der Waals surface area contributed by atoms with E-state index in [0.29, 0.717) is 0 Å². The van der Waals surface area contributed by atoms with Crippen molar-refractivity contribution in [3.63, 3.8) is 0 Å². The van der Waals surface area contributed by atoms with Crippen LogP contribution in [-0.2, 0) is 0 Å². The number of hydrogen-bond donors (Lipinski definition) is 1. The summed E-state index contributed by atoms with van der Waals surface area (Å²) in [6, 6.07) is 11.0. The molecule has 1 saturated carbocycles. The van der Waals surface area contributed by atoms with Crippen LogP contribution in [0.5, 0.6) is 0 Å². The Morgan fingerprint density at radius 1 is 1.06 bits per heavy atom. The molecule has 0 radical (unpaired) electrons. The molecule has 1 aliphatic carbocycles. The Labute approximate surface area is 106 Å². The van der Waals surface area contributed by atoms with Gasteiger partial charge in [-0.1, -0.05) is 30.7 Å². The van der Waals surface area contributed by atoms with Crippen molar-refractivity contribution in [2.24, 2.45) is 5.73 Å². The van der Waals surface area contributed by atoms with Gasteiger partial charge in [-0.2, -0.15) is 11.3 Å². The molecule has 1 fully saturated rings. The zero-order valence-electron chi connectivity index (χ0n) is 9.80. The Bertz CT molecular complexity index is 468. The molecule has 1 unspecified atom stereocenters. The third-order valence-corrected chi connectivity index (χ3v) is 4.48. The number of hydrogen-bond acceptors (Lipinski definition) is 2. The van der Waals surface area contributed by atoms with E-state index in [4.69, 9.17) is 5.73 Å². The van der Waals surface area contributed by atoms with Crippen molar-refractivity contribution >= 4 is 11.3 Å². The summed E-state index contributed by atoms with van der Waals surface area (Å²) < 4.78 is 0. The third-order valence-electron chi connectivity index (χ3n) is 3.77. The minimum Gasteiger partial charge on any atom is -0.320 e. The average molecular weight is 243 g/mol. The summed E-state index contributed by atoms with van der Waals surface area (Å²) >= 11 is 1.70. The second-order valence-electron chi connectivity index (χ2n) is 4.83. The van der Waals surface area contributed by atoms with Crippen LogP contribution in [0.4, 0.5) is 0 Å². The molecule has 0 amide bonds. The largest absolute Gasteiger partial charge is 0.320 e. The van der Waals surface area contributed by atoms with E-state index < -0.39 is 0 Å². The topological polar surface area (TPSA) is 26.0 Å². The van der Waals surface area contributed by atoms with Gasteiger partial charge in [0.25, 0.3) is 0 Å². The van der Waals surface area contributed by atoms with Gasteiger partial charge in [0.1, 0.15) is 0 Å². The van der Waals surface area contributed by atoms with Gasteiger partial charge in [0.15, 0.2) is 0 Å². The Kier molecular flexibility index (Phi) is 3.00. The highest BCUT2D eigenvalue weighted by molar-refractivity contribution is 7.08. The smallest absolute Gasteiger partial charge is 0.0559 e. The molecule has 0 aliphatic heterocycles. The van der Waals surface area contributed by atoms with Gasteiger partial charge in [-0.25, -0.2) is 0 Å². The van der Waals surface area contributed by atoms with Gasteiger partial charge in [-0.3, -0.25) is 0 Å². The van der Waals surface area contributed by atoms with Crippen LogP contribution in [0.15, 0.2) is 41.1 Å². The Balaban J connectivity index is 1.79. The summed E-state index contributed by atoms with van der Waals surface area (Å²) in [5.41, 5.74) is 10.2. The quantitative estimate of drug-likeness (QED) is 0.864. The maximum Gasteiger partial charge on any atom is 0.0559 e. The van der Waals surface area contributed by atoms with Crippen molar-refractivity contribution in [3.8, 4) is 0 Å². The zero-order chi connectivity index (χ0) is 11.7. The number of rotatable bonds is 3. The maximum atomic E-state index is 6.24. The molecular formula is C15H17NS. The molecule has 1 aromatic heterocycles. The first-order chi connectivity index (χ1) is 8.34. The summed E-state index contributed by atoms with van der Waals surface area (Å²) in [5, 5.41) is 4.21. The van der Waals surface area contributed by atoms with E-state index in [9.17, 15) is 0 Å².